The molecule has 1 aromatic heterocycles. The Morgan fingerprint density at radius 2 is 2.35 bits per heavy atom. The SMILES string of the molecule is Fc1cnc2cccc(NC3CCNC3)c2c1. The first-order valence-corrected chi connectivity index (χ1v) is 5.84. The zero-order chi connectivity index (χ0) is 11.7. The van der Waals surface area contributed by atoms with Gasteiger partial charge in [0.15, 0.2) is 0 Å². The van der Waals surface area contributed by atoms with Gasteiger partial charge in [-0.1, -0.05) is 6.07 Å². The molecule has 1 aliphatic rings. The van der Waals surface area contributed by atoms with Crippen molar-refractivity contribution in [3.63, 3.8) is 0 Å². The van der Waals surface area contributed by atoms with Crippen molar-refractivity contribution in [3.05, 3.63) is 36.3 Å². The Kier molecular flexibility index (Phi) is 2.65. The van der Waals surface area contributed by atoms with Gasteiger partial charge in [-0.3, -0.25) is 4.98 Å². The van der Waals surface area contributed by atoms with Crippen LogP contribution >= 0.6 is 0 Å². The van der Waals surface area contributed by atoms with Crippen LogP contribution in [0.1, 0.15) is 6.42 Å². The van der Waals surface area contributed by atoms with E-state index in [2.05, 4.69) is 15.6 Å². The van der Waals surface area contributed by atoms with Crippen molar-refractivity contribution in [1.29, 1.82) is 0 Å². The van der Waals surface area contributed by atoms with E-state index in [1.54, 1.807) is 0 Å². The molecule has 3 nitrogen and oxygen atoms in total. The van der Waals surface area contributed by atoms with Gasteiger partial charge < -0.3 is 10.6 Å². The number of hydrogen-bond donors (Lipinski definition) is 2. The fourth-order valence-electron chi connectivity index (χ4n) is 2.25. The van der Waals surface area contributed by atoms with Crippen molar-refractivity contribution in [2.75, 3.05) is 18.4 Å². The number of fused-ring (bicyclic) bond motifs is 1. The second-order valence-electron chi connectivity index (χ2n) is 4.36. The van der Waals surface area contributed by atoms with E-state index < -0.39 is 0 Å². The summed E-state index contributed by atoms with van der Waals surface area (Å²) in [4.78, 5) is 4.09. The Balaban J connectivity index is 1.99. The molecule has 0 aliphatic carbocycles. The molecular formula is C13H14FN3. The zero-order valence-electron chi connectivity index (χ0n) is 9.41. The van der Waals surface area contributed by atoms with Crippen molar-refractivity contribution in [1.82, 2.24) is 10.3 Å². The third-order valence-corrected chi connectivity index (χ3v) is 3.11. The highest BCUT2D eigenvalue weighted by Gasteiger charge is 2.15. The van der Waals surface area contributed by atoms with Crippen LogP contribution in [-0.2, 0) is 0 Å². The zero-order valence-corrected chi connectivity index (χ0v) is 9.41. The third kappa shape index (κ3) is 2.08. The van der Waals surface area contributed by atoms with Gasteiger partial charge in [0, 0.05) is 23.7 Å². The monoisotopic (exact) mass is 231 g/mol. The quantitative estimate of drug-likeness (QED) is 0.831. The minimum absolute atomic E-state index is 0.295. The summed E-state index contributed by atoms with van der Waals surface area (Å²) >= 11 is 0. The molecule has 1 aliphatic heterocycles. The Hall–Kier alpha value is -1.68. The lowest BCUT2D eigenvalue weighted by Crippen LogP contribution is -2.22. The number of halogens is 1. The maximum absolute atomic E-state index is 13.2. The van der Waals surface area contributed by atoms with E-state index in [1.165, 1.54) is 12.3 Å². The molecule has 4 heteroatoms. The maximum atomic E-state index is 13.2. The number of anilines is 1. The highest BCUT2D eigenvalue weighted by molar-refractivity contribution is 5.91. The molecule has 0 spiro atoms. The normalized spacial score (nSPS) is 19.7. The second kappa shape index (κ2) is 4.30. The Morgan fingerprint density at radius 1 is 1.41 bits per heavy atom. The molecule has 88 valence electrons. The highest BCUT2D eigenvalue weighted by Crippen LogP contribution is 2.23. The molecule has 0 radical (unpaired) electrons. The van der Waals surface area contributed by atoms with Crippen LogP contribution in [0, 0.1) is 5.82 Å². The van der Waals surface area contributed by atoms with Gasteiger partial charge >= 0.3 is 0 Å². The number of hydrogen-bond acceptors (Lipinski definition) is 3. The van der Waals surface area contributed by atoms with E-state index in [1.807, 2.05) is 18.2 Å². The van der Waals surface area contributed by atoms with Gasteiger partial charge in [-0.15, -0.1) is 0 Å². The Labute approximate surface area is 99.1 Å². The van der Waals surface area contributed by atoms with Gasteiger partial charge in [0.2, 0.25) is 0 Å². The Morgan fingerprint density at radius 3 is 3.18 bits per heavy atom. The summed E-state index contributed by atoms with van der Waals surface area (Å²) in [6.07, 6.45) is 2.35. The first-order chi connectivity index (χ1) is 8.33. The molecule has 3 rings (SSSR count). The number of pyridine rings is 1. The second-order valence-corrected chi connectivity index (χ2v) is 4.36. The number of aromatic nitrogens is 1. The van der Waals surface area contributed by atoms with Gasteiger partial charge in [0.05, 0.1) is 11.7 Å². The van der Waals surface area contributed by atoms with E-state index in [9.17, 15) is 4.39 Å². The van der Waals surface area contributed by atoms with E-state index in [0.717, 1.165) is 36.1 Å². The smallest absolute Gasteiger partial charge is 0.142 e. The molecule has 2 heterocycles. The van der Waals surface area contributed by atoms with E-state index >= 15 is 0 Å². The Bertz CT molecular complexity index is 535. The van der Waals surface area contributed by atoms with E-state index in [-0.39, 0.29) is 5.82 Å². The summed E-state index contributed by atoms with van der Waals surface area (Å²) in [5, 5.41) is 7.59. The molecule has 0 saturated carbocycles. The van der Waals surface area contributed by atoms with Crippen LogP contribution in [0.3, 0.4) is 0 Å². The molecule has 2 N–H and O–H groups in total. The summed E-state index contributed by atoms with van der Waals surface area (Å²) < 4.78 is 13.2. The molecular weight excluding hydrogens is 217 g/mol. The van der Waals surface area contributed by atoms with E-state index in [0.29, 0.717) is 6.04 Å². The average molecular weight is 231 g/mol. The summed E-state index contributed by atoms with van der Waals surface area (Å²) in [6, 6.07) is 7.77. The lowest BCUT2D eigenvalue weighted by molar-refractivity contribution is 0.624. The van der Waals surface area contributed by atoms with Crippen molar-refractivity contribution in [3.8, 4) is 0 Å². The first-order valence-electron chi connectivity index (χ1n) is 5.84. The number of rotatable bonds is 2. The van der Waals surface area contributed by atoms with Crippen LogP contribution in [0.25, 0.3) is 10.9 Å². The molecule has 1 saturated heterocycles. The summed E-state index contributed by atoms with van der Waals surface area (Å²) in [5.41, 5.74) is 1.78. The molecule has 0 bridgehead atoms. The van der Waals surface area contributed by atoms with Gasteiger partial charge in [-0.05, 0) is 31.2 Å². The van der Waals surface area contributed by atoms with Gasteiger partial charge in [0.1, 0.15) is 5.82 Å². The lowest BCUT2D eigenvalue weighted by Gasteiger charge is -2.14. The van der Waals surface area contributed by atoms with Crippen molar-refractivity contribution in [2.45, 2.75) is 12.5 Å². The minimum Gasteiger partial charge on any atom is -0.380 e. The summed E-state index contributed by atoms with van der Waals surface area (Å²) in [7, 11) is 0. The van der Waals surface area contributed by atoms with E-state index in [4.69, 9.17) is 0 Å². The number of nitrogens with one attached hydrogen (secondary N) is 2. The molecule has 1 atom stereocenters. The fourth-order valence-corrected chi connectivity index (χ4v) is 2.25. The average Bonchev–Trinajstić information content (AvgIpc) is 2.83. The number of nitrogens with zero attached hydrogens (tertiary/aromatic N) is 1. The predicted molar refractivity (Wildman–Crippen MR) is 66.6 cm³/mol. The van der Waals surface area contributed by atoms with Crippen LogP contribution in [0.5, 0.6) is 0 Å². The third-order valence-electron chi connectivity index (χ3n) is 3.11. The van der Waals surface area contributed by atoms with Crippen LogP contribution in [0.2, 0.25) is 0 Å². The minimum atomic E-state index is -0.295. The summed E-state index contributed by atoms with van der Waals surface area (Å²) in [5.74, 6) is -0.295. The molecule has 1 fully saturated rings. The first kappa shape index (κ1) is 10.5. The van der Waals surface area contributed by atoms with Crippen molar-refractivity contribution < 1.29 is 4.39 Å². The molecule has 1 aromatic carbocycles. The largest absolute Gasteiger partial charge is 0.380 e. The fraction of sp³-hybridized carbons (Fsp3) is 0.308. The van der Waals surface area contributed by atoms with Crippen LogP contribution in [0.4, 0.5) is 10.1 Å². The van der Waals surface area contributed by atoms with Crippen LogP contribution in [0.15, 0.2) is 30.5 Å². The molecule has 2 aromatic rings. The molecule has 0 amide bonds. The van der Waals surface area contributed by atoms with Crippen molar-refractivity contribution in [2.24, 2.45) is 0 Å². The van der Waals surface area contributed by atoms with Crippen LogP contribution < -0.4 is 10.6 Å². The summed E-state index contributed by atoms with van der Waals surface area (Å²) in [6.45, 7) is 1.99. The number of benzene rings is 1. The highest BCUT2D eigenvalue weighted by atomic mass is 19.1. The van der Waals surface area contributed by atoms with Gasteiger partial charge in [-0.25, -0.2) is 4.39 Å². The molecule has 1 unspecified atom stereocenters. The maximum Gasteiger partial charge on any atom is 0.142 e. The van der Waals surface area contributed by atoms with Gasteiger partial charge in [-0.2, -0.15) is 0 Å². The molecule has 17 heavy (non-hydrogen) atoms. The lowest BCUT2D eigenvalue weighted by atomic mass is 10.1. The van der Waals surface area contributed by atoms with Crippen molar-refractivity contribution >= 4 is 16.6 Å². The standard InChI is InChI=1S/C13H14FN3/c14-9-6-11-12(16-7-9)2-1-3-13(11)17-10-4-5-15-8-10/h1-3,6-7,10,15,17H,4-5,8H2. The predicted octanol–water partition coefficient (Wildman–Crippen LogP) is 2.15. The van der Waals surface area contributed by atoms with Crippen LogP contribution in [-0.4, -0.2) is 24.1 Å². The van der Waals surface area contributed by atoms with Gasteiger partial charge in [0.25, 0.3) is 0 Å². The topological polar surface area (TPSA) is 37.0 Å².